The highest BCUT2D eigenvalue weighted by molar-refractivity contribution is 5.96. The van der Waals surface area contributed by atoms with Crippen molar-refractivity contribution in [2.45, 2.75) is 20.3 Å². The summed E-state index contributed by atoms with van der Waals surface area (Å²) in [6, 6.07) is 14.2. The zero-order valence-corrected chi connectivity index (χ0v) is 13.1. The zero-order chi connectivity index (χ0) is 15.7. The fourth-order valence-corrected chi connectivity index (χ4v) is 2.76. The van der Waals surface area contributed by atoms with Gasteiger partial charge in [-0.05, 0) is 30.2 Å². The van der Waals surface area contributed by atoms with E-state index in [1.54, 1.807) is 4.68 Å². The first-order valence-electron chi connectivity index (χ1n) is 7.33. The second-order valence-electron chi connectivity index (χ2n) is 5.53. The molecule has 1 aromatic heterocycles. The molecule has 4 nitrogen and oxygen atoms in total. The number of hydrogen-bond acceptors (Lipinski definition) is 2. The molecule has 0 aliphatic heterocycles. The summed E-state index contributed by atoms with van der Waals surface area (Å²) in [5.41, 5.74) is 3.65. The second-order valence-corrected chi connectivity index (χ2v) is 5.53. The summed E-state index contributed by atoms with van der Waals surface area (Å²) in [5, 5.41) is 9.59. The molecule has 1 heterocycles. The zero-order valence-electron chi connectivity index (χ0n) is 13.1. The number of aromatic nitrogens is 2. The highest BCUT2D eigenvalue weighted by Crippen LogP contribution is 2.21. The number of benzene rings is 2. The van der Waals surface area contributed by atoms with Gasteiger partial charge in [-0.3, -0.25) is 9.48 Å². The summed E-state index contributed by atoms with van der Waals surface area (Å²) in [6.07, 6.45) is 0.356. The first kappa shape index (κ1) is 14.3. The maximum absolute atomic E-state index is 12.4. The number of rotatable bonds is 3. The van der Waals surface area contributed by atoms with Crippen molar-refractivity contribution in [2.75, 3.05) is 5.32 Å². The van der Waals surface area contributed by atoms with Crippen molar-refractivity contribution in [3.8, 4) is 0 Å². The summed E-state index contributed by atoms with van der Waals surface area (Å²) in [4.78, 5) is 12.4. The van der Waals surface area contributed by atoms with Gasteiger partial charge in [0.1, 0.15) is 0 Å². The average Bonchev–Trinajstić information content (AvgIpc) is 2.74. The van der Waals surface area contributed by atoms with Gasteiger partial charge >= 0.3 is 0 Å². The molecule has 3 rings (SSSR count). The van der Waals surface area contributed by atoms with Crippen molar-refractivity contribution < 1.29 is 4.79 Å². The quantitative estimate of drug-likeness (QED) is 0.805. The van der Waals surface area contributed by atoms with E-state index in [1.165, 1.54) is 0 Å². The molecular weight excluding hydrogens is 274 g/mol. The van der Waals surface area contributed by atoms with Crippen LogP contribution in [0.3, 0.4) is 0 Å². The molecule has 1 N–H and O–H groups in total. The molecule has 1 amide bonds. The predicted octanol–water partition coefficient (Wildman–Crippen LogP) is 3.37. The monoisotopic (exact) mass is 293 g/mol. The average molecular weight is 293 g/mol. The number of amides is 1. The fourth-order valence-electron chi connectivity index (χ4n) is 2.76. The van der Waals surface area contributed by atoms with Crippen molar-refractivity contribution in [3.05, 3.63) is 59.4 Å². The molecule has 0 aliphatic carbocycles. The second kappa shape index (κ2) is 5.64. The van der Waals surface area contributed by atoms with E-state index < -0.39 is 0 Å². The van der Waals surface area contributed by atoms with E-state index in [2.05, 4.69) is 28.6 Å². The van der Waals surface area contributed by atoms with E-state index >= 15 is 0 Å². The van der Waals surface area contributed by atoms with Gasteiger partial charge in [0.15, 0.2) is 0 Å². The molecule has 2 aromatic carbocycles. The number of anilines is 1. The van der Waals surface area contributed by atoms with Gasteiger partial charge in [0.2, 0.25) is 5.91 Å². The molecule has 0 radical (unpaired) electrons. The van der Waals surface area contributed by atoms with Crippen LogP contribution < -0.4 is 5.32 Å². The van der Waals surface area contributed by atoms with Crippen molar-refractivity contribution >= 4 is 22.4 Å². The SMILES string of the molecule is Cc1nn(C)c(C)c1NC(=O)Cc1cccc2ccccc12. The molecule has 4 heteroatoms. The van der Waals surface area contributed by atoms with Crippen molar-refractivity contribution in [1.82, 2.24) is 9.78 Å². The Bertz CT molecular complexity index is 843. The molecule has 0 saturated carbocycles. The van der Waals surface area contributed by atoms with Gasteiger partial charge in [0, 0.05) is 7.05 Å². The Morgan fingerprint density at radius 1 is 1.14 bits per heavy atom. The van der Waals surface area contributed by atoms with E-state index in [0.717, 1.165) is 33.4 Å². The Morgan fingerprint density at radius 2 is 1.86 bits per heavy atom. The summed E-state index contributed by atoms with van der Waals surface area (Å²) in [5.74, 6) is -0.0180. The van der Waals surface area contributed by atoms with Crippen LogP contribution in [0.2, 0.25) is 0 Å². The molecule has 0 atom stereocenters. The molecule has 0 fully saturated rings. The molecule has 3 aromatic rings. The highest BCUT2D eigenvalue weighted by atomic mass is 16.1. The maximum atomic E-state index is 12.4. The molecule has 22 heavy (non-hydrogen) atoms. The number of fused-ring (bicyclic) bond motifs is 1. The largest absolute Gasteiger partial charge is 0.323 e. The third kappa shape index (κ3) is 2.60. The number of carbonyl (C=O) groups is 1. The standard InChI is InChI=1S/C18H19N3O/c1-12-18(13(2)21(3)20-12)19-17(22)11-15-9-6-8-14-7-4-5-10-16(14)15/h4-10H,11H2,1-3H3,(H,19,22). The lowest BCUT2D eigenvalue weighted by molar-refractivity contribution is -0.115. The minimum atomic E-state index is -0.0180. The fraction of sp³-hybridized carbons (Fsp3) is 0.222. The van der Waals surface area contributed by atoms with Gasteiger partial charge in [-0.15, -0.1) is 0 Å². The third-order valence-corrected chi connectivity index (χ3v) is 4.00. The number of hydrogen-bond donors (Lipinski definition) is 1. The van der Waals surface area contributed by atoms with Crippen LogP contribution in [0.4, 0.5) is 5.69 Å². The van der Waals surface area contributed by atoms with Crippen LogP contribution in [0, 0.1) is 13.8 Å². The lowest BCUT2D eigenvalue weighted by Gasteiger charge is -2.08. The molecule has 0 bridgehead atoms. The van der Waals surface area contributed by atoms with Gasteiger partial charge in [0.25, 0.3) is 0 Å². The van der Waals surface area contributed by atoms with Crippen LogP contribution in [0.25, 0.3) is 10.8 Å². The van der Waals surface area contributed by atoms with Crippen LogP contribution in [0.15, 0.2) is 42.5 Å². The first-order chi connectivity index (χ1) is 10.6. The Labute approximate surface area is 129 Å². The summed E-state index contributed by atoms with van der Waals surface area (Å²) in [7, 11) is 1.88. The molecular formula is C18H19N3O. The van der Waals surface area contributed by atoms with Crippen LogP contribution in [0.5, 0.6) is 0 Å². The molecule has 0 unspecified atom stereocenters. The van der Waals surface area contributed by atoms with Crippen molar-refractivity contribution in [3.63, 3.8) is 0 Å². The Morgan fingerprint density at radius 3 is 2.59 bits per heavy atom. The number of nitrogens with one attached hydrogen (secondary N) is 1. The molecule has 112 valence electrons. The van der Waals surface area contributed by atoms with E-state index in [9.17, 15) is 4.79 Å². The predicted molar refractivity (Wildman–Crippen MR) is 89.0 cm³/mol. The first-order valence-corrected chi connectivity index (χ1v) is 7.33. The van der Waals surface area contributed by atoms with Crippen LogP contribution in [0.1, 0.15) is 17.0 Å². The smallest absolute Gasteiger partial charge is 0.228 e. The Balaban J connectivity index is 1.85. The number of carbonyl (C=O) groups excluding carboxylic acids is 1. The molecule has 0 spiro atoms. The maximum Gasteiger partial charge on any atom is 0.228 e. The summed E-state index contributed by atoms with van der Waals surface area (Å²) >= 11 is 0. The van der Waals surface area contributed by atoms with Crippen molar-refractivity contribution in [1.29, 1.82) is 0 Å². The van der Waals surface area contributed by atoms with Gasteiger partial charge < -0.3 is 5.32 Å². The normalized spacial score (nSPS) is 10.9. The minimum absolute atomic E-state index is 0.0180. The lowest BCUT2D eigenvalue weighted by atomic mass is 10.0. The van der Waals surface area contributed by atoms with Crippen molar-refractivity contribution in [2.24, 2.45) is 7.05 Å². The molecule has 0 saturated heterocycles. The minimum Gasteiger partial charge on any atom is -0.323 e. The van der Waals surface area contributed by atoms with E-state index in [-0.39, 0.29) is 5.91 Å². The van der Waals surface area contributed by atoms with Crippen LogP contribution in [-0.4, -0.2) is 15.7 Å². The Kier molecular flexibility index (Phi) is 3.67. The van der Waals surface area contributed by atoms with Gasteiger partial charge in [0.05, 0.1) is 23.5 Å². The van der Waals surface area contributed by atoms with Crippen LogP contribution in [-0.2, 0) is 18.3 Å². The van der Waals surface area contributed by atoms with Gasteiger partial charge in [-0.2, -0.15) is 5.10 Å². The highest BCUT2D eigenvalue weighted by Gasteiger charge is 2.13. The third-order valence-electron chi connectivity index (χ3n) is 4.00. The number of nitrogens with zero attached hydrogens (tertiary/aromatic N) is 2. The van der Waals surface area contributed by atoms with Crippen LogP contribution >= 0.6 is 0 Å². The lowest BCUT2D eigenvalue weighted by Crippen LogP contribution is -2.15. The van der Waals surface area contributed by atoms with Gasteiger partial charge in [-0.1, -0.05) is 42.5 Å². The van der Waals surface area contributed by atoms with E-state index in [1.807, 2.05) is 45.2 Å². The molecule has 0 aliphatic rings. The topological polar surface area (TPSA) is 46.9 Å². The van der Waals surface area contributed by atoms with E-state index in [0.29, 0.717) is 6.42 Å². The number of aryl methyl sites for hydroxylation is 2. The Hall–Kier alpha value is -2.62. The van der Waals surface area contributed by atoms with E-state index in [4.69, 9.17) is 0 Å². The summed E-state index contributed by atoms with van der Waals surface area (Å²) < 4.78 is 1.78. The summed E-state index contributed by atoms with van der Waals surface area (Å²) in [6.45, 7) is 3.86. The van der Waals surface area contributed by atoms with Gasteiger partial charge in [-0.25, -0.2) is 0 Å².